The maximum absolute atomic E-state index is 13.9. The van der Waals surface area contributed by atoms with E-state index in [0.29, 0.717) is 31.0 Å². The van der Waals surface area contributed by atoms with Gasteiger partial charge in [0.15, 0.2) is 0 Å². The number of piperidine rings is 1. The summed E-state index contributed by atoms with van der Waals surface area (Å²) in [5.41, 5.74) is 0.444. The van der Waals surface area contributed by atoms with E-state index in [1.54, 1.807) is 29.2 Å². The highest BCUT2D eigenvalue weighted by atomic mass is 19.1. The lowest BCUT2D eigenvalue weighted by atomic mass is 9.98. The van der Waals surface area contributed by atoms with Crippen LogP contribution in [0.25, 0.3) is 0 Å². The van der Waals surface area contributed by atoms with Gasteiger partial charge in [0.05, 0.1) is 12.2 Å². The van der Waals surface area contributed by atoms with Gasteiger partial charge in [0.2, 0.25) is 0 Å². The Bertz CT molecular complexity index is 900. The van der Waals surface area contributed by atoms with Gasteiger partial charge >= 0.3 is 0 Å². The standard InChI is InChI=1S/C23H26F2N2O3/c1-15(2)26-22(28)17-5-8-19(9-6-17)30-14-16-4-3-11-27(13-16)23(29)20-10-7-18(24)12-21(20)25/h5-10,12,15-16H,3-4,11,13-14H2,1-2H3,(H,26,28)/t16-/m1/s1. The SMILES string of the molecule is CC(C)NC(=O)c1ccc(OC[C@@H]2CCCN(C(=O)c3ccc(F)cc3F)C2)cc1. The third kappa shape index (κ3) is 5.55. The number of hydrogen-bond donors (Lipinski definition) is 1. The minimum absolute atomic E-state index is 0.0637. The predicted molar refractivity (Wildman–Crippen MR) is 110 cm³/mol. The molecular formula is C23H26F2N2O3. The second-order valence-electron chi connectivity index (χ2n) is 7.85. The van der Waals surface area contributed by atoms with Gasteiger partial charge < -0.3 is 15.0 Å². The highest BCUT2D eigenvalue weighted by molar-refractivity contribution is 5.95. The Hall–Kier alpha value is -2.96. The molecule has 1 fully saturated rings. The van der Waals surface area contributed by atoms with Crippen molar-refractivity contribution in [3.05, 3.63) is 65.2 Å². The minimum Gasteiger partial charge on any atom is -0.493 e. The van der Waals surface area contributed by atoms with Crippen LogP contribution in [0.2, 0.25) is 0 Å². The third-order valence-corrected chi connectivity index (χ3v) is 4.99. The average molecular weight is 416 g/mol. The fraction of sp³-hybridized carbons (Fsp3) is 0.391. The second kappa shape index (κ2) is 9.69. The van der Waals surface area contributed by atoms with Crippen LogP contribution in [0.4, 0.5) is 8.78 Å². The van der Waals surface area contributed by atoms with Crippen molar-refractivity contribution in [2.45, 2.75) is 32.7 Å². The van der Waals surface area contributed by atoms with E-state index in [1.807, 2.05) is 13.8 Å². The maximum Gasteiger partial charge on any atom is 0.256 e. The molecule has 5 nitrogen and oxygen atoms in total. The van der Waals surface area contributed by atoms with Crippen LogP contribution in [0.1, 0.15) is 47.4 Å². The molecule has 1 atom stereocenters. The van der Waals surface area contributed by atoms with E-state index in [4.69, 9.17) is 4.74 Å². The van der Waals surface area contributed by atoms with E-state index in [-0.39, 0.29) is 23.4 Å². The molecule has 0 aromatic heterocycles. The van der Waals surface area contributed by atoms with Crippen molar-refractivity contribution in [1.29, 1.82) is 0 Å². The Balaban J connectivity index is 1.55. The van der Waals surface area contributed by atoms with E-state index < -0.39 is 17.5 Å². The summed E-state index contributed by atoms with van der Waals surface area (Å²) in [5.74, 6) is -1.37. The van der Waals surface area contributed by atoms with Crippen LogP contribution in [-0.2, 0) is 0 Å². The predicted octanol–water partition coefficient (Wildman–Crippen LogP) is 4.03. The number of benzene rings is 2. The lowest BCUT2D eigenvalue weighted by Crippen LogP contribution is -2.41. The molecular weight excluding hydrogens is 390 g/mol. The van der Waals surface area contributed by atoms with Gasteiger partial charge in [-0.3, -0.25) is 9.59 Å². The summed E-state index contributed by atoms with van der Waals surface area (Å²) in [6.07, 6.45) is 1.68. The first-order valence-electron chi connectivity index (χ1n) is 10.1. The number of likely N-dealkylation sites (tertiary alicyclic amines) is 1. The van der Waals surface area contributed by atoms with Gasteiger partial charge in [0, 0.05) is 36.7 Å². The van der Waals surface area contributed by atoms with Gasteiger partial charge in [0.1, 0.15) is 17.4 Å². The Morgan fingerprint density at radius 2 is 1.90 bits per heavy atom. The molecule has 3 rings (SSSR count). The molecule has 2 amide bonds. The van der Waals surface area contributed by atoms with Gasteiger partial charge in [-0.25, -0.2) is 8.78 Å². The maximum atomic E-state index is 13.9. The monoisotopic (exact) mass is 416 g/mol. The molecule has 30 heavy (non-hydrogen) atoms. The van der Waals surface area contributed by atoms with Crippen molar-refractivity contribution < 1.29 is 23.1 Å². The Morgan fingerprint density at radius 3 is 2.57 bits per heavy atom. The fourth-order valence-electron chi connectivity index (χ4n) is 3.48. The molecule has 1 saturated heterocycles. The summed E-state index contributed by atoms with van der Waals surface area (Å²) in [5, 5.41) is 2.83. The summed E-state index contributed by atoms with van der Waals surface area (Å²) in [4.78, 5) is 26.2. The zero-order chi connectivity index (χ0) is 21.7. The first kappa shape index (κ1) is 21.7. The van der Waals surface area contributed by atoms with Crippen LogP contribution in [0, 0.1) is 17.6 Å². The van der Waals surface area contributed by atoms with Crippen LogP contribution in [0.5, 0.6) is 5.75 Å². The molecule has 0 unspecified atom stereocenters. The molecule has 7 heteroatoms. The van der Waals surface area contributed by atoms with Crippen LogP contribution in [0.15, 0.2) is 42.5 Å². The lowest BCUT2D eigenvalue weighted by molar-refractivity contribution is 0.0628. The molecule has 0 saturated carbocycles. The summed E-state index contributed by atoms with van der Waals surface area (Å²) < 4.78 is 32.9. The van der Waals surface area contributed by atoms with E-state index >= 15 is 0 Å². The first-order chi connectivity index (χ1) is 14.3. The molecule has 2 aromatic rings. The van der Waals surface area contributed by atoms with Gasteiger partial charge in [-0.1, -0.05) is 0 Å². The zero-order valence-corrected chi connectivity index (χ0v) is 17.2. The van der Waals surface area contributed by atoms with Crippen molar-refractivity contribution in [3.8, 4) is 5.75 Å². The Kier molecular flexibility index (Phi) is 7.03. The van der Waals surface area contributed by atoms with Crippen LogP contribution < -0.4 is 10.1 Å². The summed E-state index contributed by atoms with van der Waals surface area (Å²) in [6, 6.07) is 9.97. The topological polar surface area (TPSA) is 58.6 Å². The highest BCUT2D eigenvalue weighted by Gasteiger charge is 2.26. The van der Waals surface area contributed by atoms with Crippen molar-refractivity contribution in [2.24, 2.45) is 5.92 Å². The minimum atomic E-state index is -0.847. The fourth-order valence-corrected chi connectivity index (χ4v) is 3.48. The number of nitrogens with one attached hydrogen (secondary N) is 1. The van der Waals surface area contributed by atoms with E-state index in [0.717, 1.165) is 25.0 Å². The molecule has 0 aliphatic carbocycles. The molecule has 1 heterocycles. The van der Waals surface area contributed by atoms with Crippen LogP contribution in [0.3, 0.4) is 0 Å². The number of ether oxygens (including phenoxy) is 1. The Labute approximate surface area is 175 Å². The largest absolute Gasteiger partial charge is 0.493 e. The summed E-state index contributed by atoms with van der Waals surface area (Å²) >= 11 is 0. The molecule has 0 bridgehead atoms. The number of halogens is 2. The molecule has 1 N–H and O–H groups in total. The molecule has 1 aliphatic heterocycles. The zero-order valence-electron chi connectivity index (χ0n) is 17.2. The van der Waals surface area contributed by atoms with Gasteiger partial charge in [-0.15, -0.1) is 0 Å². The number of rotatable bonds is 6. The molecule has 160 valence electrons. The number of hydrogen-bond acceptors (Lipinski definition) is 3. The lowest BCUT2D eigenvalue weighted by Gasteiger charge is -2.32. The van der Waals surface area contributed by atoms with Crippen molar-refractivity contribution in [3.63, 3.8) is 0 Å². The van der Waals surface area contributed by atoms with Gasteiger partial charge in [-0.05, 0) is 63.1 Å². The van der Waals surface area contributed by atoms with E-state index in [1.165, 1.54) is 6.07 Å². The summed E-state index contributed by atoms with van der Waals surface area (Å²) in [7, 11) is 0. The van der Waals surface area contributed by atoms with Crippen molar-refractivity contribution in [1.82, 2.24) is 10.2 Å². The van der Waals surface area contributed by atoms with Gasteiger partial charge in [-0.2, -0.15) is 0 Å². The molecule has 0 spiro atoms. The van der Waals surface area contributed by atoms with Crippen molar-refractivity contribution in [2.75, 3.05) is 19.7 Å². The highest BCUT2D eigenvalue weighted by Crippen LogP contribution is 2.22. The van der Waals surface area contributed by atoms with Crippen LogP contribution >= 0.6 is 0 Å². The molecule has 1 aliphatic rings. The number of carbonyl (C=O) groups is 2. The normalized spacial score (nSPS) is 16.4. The quantitative estimate of drug-likeness (QED) is 0.773. The first-order valence-corrected chi connectivity index (χ1v) is 10.1. The average Bonchev–Trinajstić information content (AvgIpc) is 2.72. The summed E-state index contributed by atoms with van der Waals surface area (Å²) in [6.45, 7) is 5.19. The van der Waals surface area contributed by atoms with Gasteiger partial charge in [0.25, 0.3) is 11.8 Å². The molecule has 0 radical (unpaired) electrons. The number of amides is 2. The second-order valence-corrected chi connectivity index (χ2v) is 7.85. The third-order valence-electron chi connectivity index (χ3n) is 4.99. The Morgan fingerprint density at radius 1 is 1.17 bits per heavy atom. The molecule has 2 aromatic carbocycles. The van der Waals surface area contributed by atoms with E-state index in [2.05, 4.69) is 5.32 Å². The number of nitrogens with zero attached hydrogens (tertiary/aromatic N) is 1. The van der Waals surface area contributed by atoms with E-state index in [9.17, 15) is 18.4 Å². The number of carbonyl (C=O) groups excluding carboxylic acids is 2. The smallest absolute Gasteiger partial charge is 0.256 e. The van der Waals surface area contributed by atoms with Crippen LogP contribution in [-0.4, -0.2) is 42.5 Å². The van der Waals surface area contributed by atoms with Crippen molar-refractivity contribution >= 4 is 11.8 Å².